The van der Waals surface area contributed by atoms with Gasteiger partial charge in [-0.1, -0.05) is 0 Å². The number of aryl methyl sites for hydroxylation is 1. The van der Waals surface area contributed by atoms with E-state index in [0.717, 1.165) is 6.07 Å². The highest BCUT2D eigenvalue weighted by Gasteiger charge is 2.24. The molecule has 8 nitrogen and oxygen atoms in total. The van der Waals surface area contributed by atoms with Crippen LogP contribution in [0.3, 0.4) is 0 Å². The maximum atomic E-state index is 12.3. The van der Waals surface area contributed by atoms with Gasteiger partial charge < -0.3 is 14.0 Å². The zero-order valence-electron chi connectivity index (χ0n) is 13.4. The number of nitro groups is 1. The summed E-state index contributed by atoms with van der Waals surface area (Å²) in [5, 5.41) is 10.7. The van der Waals surface area contributed by atoms with Gasteiger partial charge in [-0.3, -0.25) is 14.9 Å². The summed E-state index contributed by atoms with van der Waals surface area (Å²) in [6, 6.07) is 7.50. The zero-order chi connectivity index (χ0) is 17.9. The largest absolute Gasteiger partial charge is 0.497 e. The van der Waals surface area contributed by atoms with Crippen LogP contribution in [0, 0.1) is 10.1 Å². The van der Waals surface area contributed by atoms with Crippen molar-refractivity contribution in [2.75, 3.05) is 7.11 Å². The Labute approximate surface area is 137 Å². The molecule has 8 heteroatoms. The lowest BCUT2D eigenvalue weighted by Gasteiger charge is -2.12. The Bertz CT molecular complexity index is 778. The van der Waals surface area contributed by atoms with Crippen molar-refractivity contribution in [2.24, 2.45) is 7.05 Å². The highest BCUT2D eigenvalue weighted by atomic mass is 16.6. The van der Waals surface area contributed by atoms with Gasteiger partial charge in [0.05, 0.1) is 18.2 Å². The quantitative estimate of drug-likeness (QED) is 0.348. The standard InChI is InChI=1S/C16H16N2O6/c1-10(15(19)11-4-6-13(23-3)7-5-11)24-16(20)14-8-12(18(21)22)9-17(14)2/h4-10H,1-3H3. The van der Waals surface area contributed by atoms with E-state index in [-0.39, 0.29) is 17.2 Å². The number of Topliss-reactive ketones (excluding diaryl/α,β-unsaturated/α-hetero) is 1. The van der Waals surface area contributed by atoms with Gasteiger partial charge in [-0.2, -0.15) is 0 Å². The van der Waals surface area contributed by atoms with Gasteiger partial charge >= 0.3 is 5.97 Å². The molecule has 0 saturated carbocycles. The van der Waals surface area contributed by atoms with Crippen molar-refractivity contribution in [3.8, 4) is 5.75 Å². The Balaban J connectivity index is 2.10. The second-order valence-electron chi connectivity index (χ2n) is 5.09. The molecule has 0 amide bonds. The molecule has 1 unspecified atom stereocenters. The lowest BCUT2D eigenvalue weighted by molar-refractivity contribution is -0.384. The number of methoxy groups -OCH3 is 1. The van der Waals surface area contributed by atoms with E-state index in [0.29, 0.717) is 11.3 Å². The van der Waals surface area contributed by atoms with Crippen molar-refractivity contribution in [3.05, 3.63) is 57.9 Å². The smallest absolute Gasteiger partial charge is 0.355 e. The van der Waals surface area contributed by atoms with E-state index in [2.05, 4.69) is 0 Å². The van der Waals surface area contributed by atoms with Crippen molar-refractivity contribution in [1.82, 2.24) is 4.57 Å². The third-order valence-electron chi connectivity index (χ3n) is 3.44. The predicted octanol–water partition coefficient (Wildman–Crippen LogP) is 2.37. The van der Waals surface area contributed by atoms with Crippen molar-refractivity contribution in [1.29, 1.82) is 0 Å². The Hall–Kier alpha value is -3.16. The van der Waals surface area contributed by atoms with Crippen LogP contribution in [0.1, 0.15) is 27.8 Å². The minimum atomic E-state index is -1.03. The average Bonchev–Trinajstić information content (AvgIpc) is 2.96. The minimum Gasteiger partial charge on any atom is -0.497 e. The molecule has 0 radical (unpaired) electrons. The SMILES string of the molecule is COc1ccc(C(=O)C(C)OC(=O)c2cc([N+](=O)[O-])cn2C)cc1. The van der Waals surface area contributed by atoms with Crippen LogP contribution in [-0.4, -0.2) is 34.5 Å². The first kappa shape index (κ1) is 17.2. The summed E-state index contributed by atoms with van der Waals surface area (Å²) in [6.07, 6.45) is 0.173. The van der Waals surface area contributed by atoms with Gasteiger partial charge in [0.1, 0.15) is 11.4 Å². The van der Waals surface area contributed by atoms with E-state index in [4.69, 9.17) is 9.47 Å². The molecule has 24 heavy (non-hydrogen) atoms. The molecule has 0 N–H and O–H groups in total. The Morgan fingerprint density at radius 3 is 2.38 bits per heavy atom. The fourth-order valence-corrected chi connectivity index (χ4v) is 2.11. The molecule has 0 aliphatic heterocycles. The molecule has 0 bridgehead atoms. The fraction of sp³-hybridized carbons (Fsp3) is 0.250. The fourth-order valence-electron chi connectivity index (χ4n) is 2.11. The summed E-state index contributed by atoms with van der Waals surface area (Å²) in [5.74, 6) is -0.581. The number of carbonyl (C=O) groups is 2. The van der Waals surface area contributed by atoms with Gasteiger partial charge in [-0.15, -0.1) is 0 Å². The van der Waals surface area contributed by atoms with Crippen LogP contribution in [0.4, 0.5) is 5.69 Å². The van der Waals surface area contributed by atoms with Crippen LogP contribution in [-0.2, 0) is 11.8 Å². The van der Waals surface area contributed by atoms with E-state index < -0.39 is 17.0 Å². The molecule has 1 aromatic heterocycles. The minimum absolute atomic E-state index is 0.00363. The van der Waals surface area contributed by atoms with Crippen LogP contribution in [0.25, 0.3) is 0 Å². The first-order valence-electron chi connectivity index (χ1n) is 7.03. The van der Waals surface area contributed by atoms with Crippen molar-refractivity contribution in [3.63, 3.8) is 0 Å². The Morgan fingerprint density at radius 1 is 1.25 bits per heavy atom. The molecular formula is C16H16N2O6. The molecule has 0 spiro atoms. The van der Waals surface area contributed by atoms with Crippen LogP contribution < -0.4 is 4.74 Å². The van der Waals surface area contributed by atoms with Gasteiger partial charge in [-0.05, 0) is 31.2 Å². The summed E-state index contributed by atoms with van der Waals surface area (Å²) in [6.45, 7) is 1.45. The van der Waals surface area contributed by atoms with E-state index >= 15 is 0 Å². The van der Waals surface area contributed by atoms with Crippen molar-refractivity contribution in [2.45, 2.75) is 13.0 Å². The lowest BCUT2D eigenvalue weighted by atomic mass is 10.1. The molecule has 1 heterocycles. The molecule has 0 fully saturated rings. The highest BCUT2D eigenvalue weighted by molar-refractivity contribution is 6.01. The number of benzene rings is 1. The second kappa shape index (κ2) is 6.95. The number of hydrogen-bond donors (Lipinski definition) is 0. The number of rotatable bonds is 6. The zero-order valence-corrected chi connectivity index (χ0v) is 13.4. The van der Waals surface area contributed by atoms with E-state index in [1.54, 1.807) is 24.3 Å². The Kier molecular flexibility index (Phi) is 4.98. The molecule has 2 rings (SSSR count). The Morgan fingerprint density at radius 2 is 1.88 bits per heavy atom. The molecule has 126 valence electrons. The highest BCUT2D eigenvalue weighted by Crippen LogP contribution is 2.18. The molecule has 0 saturated heterocycles. The molecular weight excluding hydrogens is 316 g/mol. The molecule has 1 aromatic carbocycles. The maximum Gasteiger partial charge on any atom is 0.355 e. The predicted molar refractivity (Wildman–Crippen MR) is 84.3 cm³/mol. The van der Waals surface area contributed by atoms with Crippen molar-refractivity contribution >= 4 is 17.4 Å². The number of hydrogen-bond acceptors (Lipinski definition) is 6. The first-order valence-corrected chi connectivity index (χ1v) is 7.03. The average molecular weight is 332 g/mol. The van der Waals surface area contributed by atoms with Crippen LogP contribution in [0.15, 0.2) is 36.5 Å². The van der Waals surface area contributed by atoms with E-state index in [1.807, 2.05) is 0 Å². The van der Waals surface area contributed by atoms with E-state index in [1.165, 1.54) is 31.8 Å². The van der Waals surface area contributed by atoms with Crippen LogP contribution in [0.2, 0.25) is 0 Å². The van der Waals surface area contributed by atoms with Gasteiger partial charge in [0, 0.05) is 18.7 Å². The maximum absolute atomic E-state index is 12.3. The molecule has 1 atom stereocenters. The molecule has 2 aromatic rings. The number of nitrogens with zero attached hydrogens (tertiary/aromatic N) is 2. The number of esters is 1. The number of ketones is 1. The lowest BCUT2D eigenvalue weighted by Crippen LogP contribution is -2.25. The monoisotopic (exact) mass is 332 g/mol. The van der Waals surface area contributed by atoms with Gasteiger partial charge in [0.15, 0.2) is 6.10 Å². The van der Waals surface area contributed by atoms with Crippen LogP contribution >= 0.6 is 0 Å². The van der Waals surface area contributed by atoms with Gasteiger partial charge in [0.25, 0.3) is 5.69 Å². The van der Waals surface area contributed by atoms with Crippen molar-refractivity contribution < 1.29 is 24.0 Å². The van der Waals surface area contributed by atoms with Gasteiger partial charge in [-0.25, -0.2) is 4.79 Å². The summed E-state index contributed by atoms with van der Waals surface area (Å²) in [5.41, 5.74) is 0.142. The molecule has 0 aliphatic carbocycles. The topological polar surface area (TPSA) is 101 Å². The van der Waals surface area contributed by atoms with E-state index in [9.17, 15) is 19.7 Å². The number of aromatic nitrogens is 1. The summed E-state index contributed by atoms with van der Waals surface area (Å²) in [4.78, 5) is 34.5. The number of carbonyl (C=O) groups excluding carboxylic acids is 2. The molecule has 0 aliphatic rings. The summed E-state index contributed by atoms with van der Waals surface area (Å²) < 4.78 is 11.4. The summed E-state index contributed by atoms with van der Waals surface area (Å²) >= 11 is 0. The van der Waals surface area contributed by atoms with Gasteiger partial charge in [0.2, 0.25) is 5.78 Å². The third kappa shape index (κ3) is 3.60. The van der Waals surface area contributed by atoms with Crippen LogP contribution in [0.5, 0.6) is 5.75 Å². The number of ether oxygens (including phenoxy) is 2. The normalized spacial score (nSPS) is 11.6. The summed E-state index contributed by atoms with van der Waals surface area (Å²) in [7, 11) is 3.00. The second-order valence-corrected chi connectivity index (χ2v) is 5.09. The third-order valence-corrected chi connectivity index (χ3v) is 3.44. The first-order chi connectivity index (χ1) is 11.3.